The van der Waals surface area contributed by atoms with Gasteiger partial charge in [-0.25, -0.2) is 4.98 Å². The standard InChI is InChI=1S/C14H16N2O4/c1-2-19-7-8-20-14(18)10-16-12-6-4-3-5-11(12)15-9-13(16)17/h3-6,9H,2,7-8,10H2,1H3. The molecule has 0 unspecified atom stereocenters. The number of para-hydroxylation sites is 2. The number of carbonyl (C=O) groups excluding carboxylic acids is 1. The van der Waals surface area contributed by atoms with Gasteiger partial charge in [-0.2, -0.15) is 0 Å². The average Bonchev–Trinajstić information content (AvgIpc) is 2.47. The molecular formula is C14H16N2O4. The molecule has 1 heterocycles. The molecule has 106 valence electrons. The lowest BCUT2D eigenvalue weighted by atomic mass is 10.3. The summed E-state index contributed by atoms with van der Waals surface area (Å²) in [7, 11) is 0. The molecule has 6 nitrogen and oxygen atoms in total. The Kier molecular flexibility index (Phi) is 4.84. The predicted molar refractivity (Wildman–Crippen MR) is 73.5 cm³/mol. The highest BCUT2D eigenvalue weighted by atomic mass is 16.6. The molecule has 0 atom stereocenters. The van der Waals surface area contributed by atoms with Crippen LogP contribution in [-0.2, 0) is 20.8 Å². The summed E-state index contributed by atoms with van der Waals surface area (Å²) in [6.45, 7) is 2.85. The average molecular weight is 276 g/mol. The summed E-state index contributed by atoms with van der Waals surface area (Å²) < 4.78 is 11.4. The van der Waals surface area contributed by atoms with Crippen LogP contribution in [0.2, 0.25) is 0 Å². The van der Waals surface area contributed by atoms with E-state index in [4.69, 9.17) is 9.47 Å². The van der Waals surface area contributed by atoms with Crippen LogP contribution >= 0.6 is 0 Å². The number of rotatable bonds is 6. The number of hydrogen-bond acceptors (Lipinski definition) is 5. The molecule has 0 spiro atoms. The van der Waals surface area contributed by atoms with Crippen molar-refractivity contribution < 1.29 is 14.3 Å². The molecule has 1 aromatic carbocycles. The second kappa shape index (κ2) is 6.81. The van der Waals surface area contributed by atoms with E-state index in [0.29, 0.717) is 24.2 Å². The van der Waals surface area contributed by atoms with Crippen molar-refractivity contribution in [1.82, 2.24) is 9.55 Å². The zero-order valence-electron chi connectivity index (χ0n) is 11.2. The second-order valence-corrected chi connectivity index (χ2v) is 4.09. The van der Waals surface area contributed by atoms with Gasteiger partial charge < -0.3 is 9.47 Å². The fourth-order valence-corrected chi connectivity index (χ4v) is 1.81. The molecule has 0 amide bonds. The SMILES string of the molecule is CCOCCOC(=O)Cn1c(=O)cnc2ccccc21. The van der Waals surface area contributed by atoms with Crippen LogP contribution in [-0.4, -0.2) is 35.3 Å². The first-order valence-electron chi connectivity index (χ1n) is 6.40. The smallest absolute Gasteiger partial charge is 0.326 e. The summed E-state index contributed by atoms with van der Waals surface area (Å²) in [4.78, 5) is 27.6. The molecule has 2 rings (SSSR count). The molecule has 0 aliphatic rings. The van der Waals surface area contributed by atoms with Gasteiger partial charge in [-0.05, 0) is 19.1 Å². The molecule has 0 saturated carbocycles. The molecule has 0 radical (unpaired) electrons. The third-order valence-electron chi connectivity index (χ3n) is 2.73. The van der Waals surface area contributed by atoms with Crippen molar-refractivity contribution >= 4 is 17.0 Å². The summed E-state index contributed by atoms with van der Waals surface area (Å²) in [5, 5.41) is 0. The van der Waals surface area contributed by atoms with Crippen LogP contribution in [0.4, 0.5) is 0 Å². The Morgan fingerprint density at radius 3 is 2.90 bits per heavy atom. The highest BCUT2D eigenvalue weighted by molar-refractivity contribution is 5.77. The Morgan fingerprint density at radius 1 is 1.30 bits per heavy atom. The van der Waals surface area contributed by atoms with E-state index in [9.17, 15) is 9.59 Å². The van der Waals surface area contributed by atoms with Gasteiger partial charge in [-0.1, -0.05) is 12.1 Å². The Bertz CT molecular complexity index is 651. The highest BCUT2D eigenvalue weighted by Crippen LogP contribution is 2.08. The van der Waals surface area contributed by atoms with Crippen molar-refractivity contribution in [2.45, 2.75) is 13.5 Å². The third-order valence-corrected chi connectivity index (χ3v) is 2.73. The number of ether oxygens (including phenoxy) is 2. The minimum atomic E-state index is -0.469. The van der Waals surface area contributed by atoms with Gasteiger partial charge in [0.05, 0.1) is 23.8 Å². The van der Waals surface area contributed by atoms with Crippen LogP contribution in [0.25, 0.3) is 11.0 Å². The monoisotopic (exact) mass is 276 g/mol. The lowest BCUT2D eigenvalue weighted by molar-refractivity contribution is -0.145. The van der Waals surface area contributed by atoms with Crippen molar-refractivity contribution in [3.63, 3.8) is 0 Å². The summed E-state index contributed by atoms with van der Waals surface area (Å²) in [5.74, 6) is -0.469. The number of hydrogen-bond donors (Lipinski definition) is 0. The molecule has 0 N–H and O–H groups in total. The quantitative estimate of drug-likeness (QED) is 0.581. The molecule has 1 aromatic heterocycles. The van der Waals surface area contributed by atoms with Crippen LogP contribution in [0.1, 0.15) is 6.92 Å². The molecule has 0 bridgehead atoms. The minimum Gasteiger partial charge on any atom is -0.462 e. The van der Waals surface area contributed by atoms with E-state index in [1.807, 2.05) is 13.0 Å². The summed E-state index contributed by atoms with van der Waals surface area (Å²) in [5.41, 5.74) is 0.946. The summed E-state index contributed by atoms with van der Waals surface area (Å²) in [6, 6.07) is 7.15. The van der Waals surface area contributed by atoms with E-state index in [0.717, 1.165) is 0 Å². The van der Waals surface area contributed by atoms with Crippen molar-refractivity contribution in [3.8, 4) is 0 Å². The van der Waals surface area contributed by atoms with Crippen LogP contribution in [0.3, 0.4) is 0 Å². The maximum Gasteiger partial charge on any atom is 0.326 e. The molecule has 0 aliphatic carbocycles. The van der Waals surface area contributed by atoms with Crippen molar-refractivity contribution in [2.75, 3.05) is 19.8 Å². The highest BCUT2D eigenvalue weighted by Gasteiger charge is 2.09. The normalized spacial score (nSPS) is 10.7. The Labute approximate surface area is 116 Å². The van der Waals surface area contributed by atoms with E-state index >= 15 is 0 Å². The first-order chi connectivity index (χ1) is 9.72. The van der Waals surface area contributed by atoms with E-state index in [-0.39, 0.29) is 18.7 Å². The number of carbonyl (C=O) groups is 1. The zero-order chi connectivity index (χ0) is 14.4. The third kappa shape index (κ3) is 3.42. The second-order valence-electron chi connectivity index (χ2n) is 4.09. The molecule has 20 heavy (non-hydrogen) atoms. The number of esters is 1. The van der Waals surface area contributed by atoms with Crippen LogP contribution < -0.4 is 5.56 Å². The van der Waals surface area contributed by atoms with E-state index in [1.165, 1.54) is 10.8 Å². The minimum absolute atomic E-state index is 0.131. The molecule has 6 heteroatoms. The number of benzene rings is 1. The Morgan fingerprint density at radius 2 is 2.10 bits per heavy atom. The van der Waals surface area contributed by atoms with Crippen molar-refractivity contribution in [3.05, 3.63) is 40.8 Å². The largest absolute Gasteiger partial charge is 0.462 e. The van der Waals surface area contributed by atoms with E-state index in [1.54, 1.807) is 18.2 Å². The van der Waals surface area contributed by atoms with Crippen molar-refractivity contribution in [2.24, 2.45) is 0 Å². The number of fused-ring (bicyclic) bond motifs is 1. The number of nitrogens with zero attached hydrogens (tertiary/aromatic N) is 2. The van der Waals surface area contributed by atoms with Gasteiger partial charge in [0.1, 0.15) is 13.2 Å². The van der Waals surface area contributed by atoms with E-state index < -0.39 is 5.97 Å². The fourth-order valence-electron chi connectivity index (χ4n) is 1.81. The molecule has 0 saturated heterocycles. The maximum atomic E-state index is 11.8. The van der Waals surface area contributed by atoms with Gasteiger partial charge in [-0.3, -0.25) is 14.2 Å². The van der Waals surface area contributed by atoms with Gasteiger partial charge in [-0.15, -0.1) is 0 Å². The topological polar surface area (TPSA) is 70.4 Å². The van der Waals surface area contributed by atoms with Gasteiger partial charge in [0.25, 0.3) is 5.56 Å². The lowest BCUT2D eigenvalue weighted by Crippen LogP contribution is -2.26. The van der Waals surface area contributed by atoms with Crippen LogP contribution in [0.15, 0.2) is 35.3 Å². The molecule has 2 aromatic rings. The van der Waals surface area contributed by atoms with Gasteiger partial charge in [0.15, 0.2) is 0 Å². The zero-order valence-corrected chi connectivity index (χ0v) is 11.2. The van der Waals surface area contributed by atoms with Crippen LogP contribution in [0, 0.1) is 0 Å². The van der Waals surface area contributed by atoms with Gasteiger partial charge in [0.2, 0.25) is 0 Å². The molecule has 0 fully saturated rings. The lowest BCUT2D eigenvalue weighted by Gasteiger charge is -2.09. The Hall–Kier alpha value is -2.21. The molecular weight excluding hydrogens is 260 g/mol. The first kappa shape index (κ1) is 14.2. The summed E-state index contributed by atoms with van der Waals surface area (Å²) in [6.07, 6.45) is 1.20. The van der Waals surface area contributed by atoms with E-state index in [2.05, 4.69) is 4.98 Å². The van der Waals surface area contributed by atoms with Crippen molar-refractivity contribution in [1.29, 1.82) is 0 Å². The Balaban J connectivity index is 2.11. The fraction of sp³-hybridized carbons (Fsp3) is 0.357. The van der Waals surface area contributed by atoms with Gasteiger partial charge >= 0.3 is 5.97 Å². The first-order valence-corrected chi connectivity index (χ1v) is 6.40. The van der Waals surface area contributed by atoms with Crippen LogP contribution in [0.5, 0.6) is 0 Å². The predicted octanol–water partition coefficient (Wildman–Crippen LogP) is 0.976. The molecule has 0 aliphatic heterocycles. The summed E-state index contributed by atoms with van der Waals surface area (Å²) >= 11 is 0. The van der Waals surface area contributed by atoms with Gasteiger partial charge in [0, 0.05) is 6.61 Å². The number of aromatic nitrogens is 2. The maximum absolute atomic E-state index is 11.8.